The fourth-order valence-electron chi connectivity index (χ4n) is 5.54. The number of nitrogens with one attached hydrogen (secondary N) is 2. The van der Waals surface area contributed by atoms with Crippen molar-refractivity contribution in [3.63, 3.8) is 0 Å². The van der Waals surface area contributed by atoms with Crippen LogP contribution in [0.2, 0.25) is 5.02 Å². The predicted octanol–water partition coefficient (Wildman–Crippen LogP) is 7.20. The van der Waals surface area contributed by atoms with E-state index in [1.54, 1.807) is 6.20 Å². The molecule has 0 spiro atoms. The summed E-state index contributed by atoms with van der Waals surface area (Å²) in [5, 5.41) is 7.78. The Morgan fingerprint density at radius 2 is 1.95 bits per heavy atom. The van der Waals surface area contributed by atoms with E-state index in [0.29, 0.717) is 16.6 Å². The number of halogens is 1. The third-order valence-corrected chi connectivity index (χ3v) is 8.48. The van der Waals surface area contributed by atoms with E-state index in [2.05, 4.69) is 77.5 Å². The van der Waals surface area contributed by atoms with Crippen LogP contribution in [0, 0.1) is 6.92 Å². The quantitative estimate of drug-likeness (QED) is 0.322. The first-order valence-corrected chi connectivity index (χ1v) is 14.0. The van der Waals surface area contributed by atoms with Crippen molar-refractivity contribution >= 4 is 57.5 Å². The molecule has 3 heterocycles. The second-order valence-corrected chi connectivity index (χ2v) is 11.6. The van der Waals surface area contributed by atoms with E-state index in [0.717, 1.165) is 39.4 Å². The van der Waals surface area contributed by atoms with Crippen molar-refractivity contribution in [2.24, 2.45) is 0 Å². The van der Waals surface area contributed by atoms with Gasteiger partial charge in [-0.2, -0.15) is 0 Å². The molecule has 6 nitrogen and oxygen atoms in total. The van der Waals surface area contributed by atoms with E-state index >= 15 is 0 Å². The number of pyridine rings is 1. The van der Waals surface area contributed by atoms with Gasteiger partial charge in [0.1, 0.15) is 0 Å². The van der Waals surface area contributed by atoms with Crippen LogP contribution in [0.4, 0.5) is 17.1 Å². The van der Waals surface area contributed by atoms with Gasteiger partial charge in [-0.1, -0.05) is 30.7 Å². The van der Waals surface area contributed by atoms with Crippen LogP contribution < -0.4 is 20.4 Å². The number of aromatic nitrogens is 1. The molecular formula is C31H34ClN5OS. The lowest BCUT2D eigenvalue weighted by atomic mass is 9.86. The molecule has 2 aliphatic heterocycles. The van der Waals surface area contributed by atoms with Crippen LogP contribution in [0.5, 0.6) is 0 Å². The van der Waals surface area contributed by atoms with Gasteiger partial charge in [0.25, 0.3) is 0 Å². The second-order valence-electron chi connectivity index (χ2n) is 10.8. The molecule has 0 aliphatic carbocycles. The Bertz CT molecular complexity index is 1490. The number of hydrogen-bond donors (Lipinski definition) is 2. The van der Waals surface area contributed by atoms with Crippen molar-refractivity contribution in [1.82, 2.24) is 10.3 Å². The van der Waals surface area contributed by atoms with Crippen molar-refractivity contribution in [2.75, 3.05) is 22.2 Å². The second kappa shape index (κ2) is 10.3. The van der Waals surface area contributed by atoms with Gasteiger partial charge in [0.05, 0.1) is 23.3 Å². The normalized spacial score (nSPS) is 19.9. The first-order valence-electron chi connectivity index (χ1n) is 13.2. The smallest absolute Gasteiger partial charge is 0.224 e. The molecule has 5 rings (SSSR count). The third kappa shape index (κ3) is 4.90. The molecule has 1 saturated heterocycles. The summed E-state index contributed by atoms with van der Waals surface area (Å²) in [6, 6.07) is 15.7. The summed E-state index contributed by atoms with van der Waals surface area (Å²) in [4.78, 5) is 21.1. The SMILES string of the molecule is CCC(=O)Nc1ccc(N2C(=S)N[C@H](c3ccccn3)[C@@H]2c2cc3c(cc2Cl)N(C)C(C)(C)C=C3C)cc1C. The van der Waals surface area contributed by atoms with E-state index in [9.17, 15) is 4.79 Å². The van der Waals surface area contributed by atoms with Crippen molar-refractivity contribution in [1.29, 1.82) is 0 Å². The largest absolute Gasteiger partial charge is 0.365 e. The summed E-state index contributed by atoms with van der Waals surface area (Å²) < 4.78 is 0. The van der Waals surface area contributed by atoms with Crippen molar-refractivity contribution in [3.05, 3.63) is 88.2 Å². The lowest BCUT2D eigenvalue weighted by Gasteiger charge is -2.41. The molecule has 0 unspecified atom stereocenters. The van der Waals surface area contributed by atoms with Crippen LogP contribution in [0.3, 0.4) is 0 Å². The minimum Gasteiger partial charge on any atom is -0.365 e. The molecule has 0 radical (unpaired) electrons. The maximum atomic E-state index is 12.0. The van der Waals surface area contributed by atoms with Gasteiger partial charge in [-0.3, -0.25) is 9.78 Å². The summed E-state index contributed by atoms with van der Waals surface area (Å²) in [5.74, 6) is -0.0188. The minimum absolute atomic E-state index is 0.0188. The Morgan fingerprint density at radius 3 is 2.62 bits per heavy atom. The molecule has 8 heteroatoms. The predicted molar refractivity (Wildman–Crippen MR) is 166 cm³/mol. The van der Waals surface area contributed by atoms with Gasteiger partial charge < -0.3 is 20.4 Å². The molecule has 2 aromatic carbocycles. The number of amides is 1. The lowest BCUT2D eigenvalue weighted by Crippen LogP contribution is -2.42. The first-order chi connectivity index (χ1) is 18.5. The summed E-state index contributed by atoms with van der Waals surface area (Å²) in [6.45, 7) is 10.4. The van der Waals surface area contributed by atoms with E-state index in [4.69, 9.17) is 23.8 Å². The van der Waals surface area contributed by atoms with Crippen molar-refractivity contribution < 1.29 is 4.79 Å². The number of carbonyl (C=O) groups is 1. The van der Waals surface area contributed by atoms with Gasteiger partial charge >= 0.3 is 0 Å². The Labute approximate surface area is 241 Å². The standard InChI is InChI=1S/C31H34ClN5OS/c1-7-27(38)34-24-12-11-20(14-18(24)2)37-29(28(35-30(37)39)25-10-8-9-13-33-25)22-15-21-19(3)17-31(4,5)36(6)26(21)16-23(22)32/h8-17,28-29H,7H2,1-6H3,(H,34,38)(H,35,39)/t28-,29+/m1/s1. The Morgan fingerprint density at radius 1 is 1.18 bits per heavy atom. The average Bonchev–Trinajstić information content (AvgIpc) is 3.25. The van der Waals surface area contributed by atoms with Crippen LogP contribution in [-0.2, 0) is 4.79 Å². The molecule has 2 N–H and O–H groups in total. The van der Waals surface area contributed by atoms with E-state index in [1.165, 1.54) is 5.57 Å². The topological polar surface area (TPSA) is 60.5 Å². The van der Waals surface area contributed by atoms with Crippen LogP contribution in [-0.4, -0.2) is 28.6 Å². The minimum atomic E-state index is -0.242. The number of allylic oxidation sites excluding steroid dienone is 1. The zero-order valence-corrected chi connectivity index (χ0v) is 24.7. The number of carbonyl (C=O) groups excluding carboxylic acids is 1. The van der Waals surface area contributed by atoms with Gasteiger partial charge in [0, 0.05) is 47.3 Å². The highest BCUT2D eigenvalue weighted by Gasteiger charge is 2.42. The summed E-state index contributed by atoms with van der Waals surface area (Å²) >= 11 is 13.1. The molecule has 202 valence electrons. The maximum Gasteiger partial charge on any atom is 0.224 e. The average molecular weight is 560 g/mol. The molecule has 0 bridgehead atoms. The Kier molecular flexibility index (Phi) is 7.16. The number of fused-ring (bicyclic) bond motifs is 1. The number of thiocarbonyl (C=S) groups is 1. The highest BCUT2D eigenvalue weighted by molar-refractivity contribution is 7.80. The van der Waals surface area contributed by atoms with Crippen LogP contribution >= 0.6 is 23.8 Å². The number of likely N-dealkylation sites (N-methyl/N-ethyl adjacent to an activating group) is 1. The lowest BCUT2D eigenvalue weighted by molar-refractivity contribution is -0.115. The fourth-order valence-corrected chi connectivity index (χ4v) is 6.16. The highest BCUT2D eigenvalue weighted by Crippen LogP contribution is 2.48. The Hall–Kier alpha value is -3.42. The number of rotatable bonds is 5. The molecule has 39 heavy (non-hydrogen) atoms. The zero-order chi connectivity index (χ0) is 28.1. The third-order valence-electron chi connectivity index (χ3n) is 7.84. The van der Waals surface area contributed by atoms with Crippen LogP contribution in [0.1, 0.15) is 68.6 Å². The zero-order valence-electron chi connectivity index (χ0n) is 23.2. The summed E-state index contributed by atoms with van der Waals surface area (Å²) in [7, 11) is 2.11. The van der Waals surface area contributed by atoms with Gasteiger partial charge in [-0.05, 0) is 99.1 Å². The van der Waals surface area contributed by atoms with Crippen molar-refractivity contribution in [2.45, 2.75) is 58.7 Å². The van der Waals surface area contributed by atoms with Gasteiger partial charge in [-0.25, -0.2) is 0 Å². The summed E-state index contributed by atoms with van der Waals surface area (Å²) in [5.41, 5.74) is 7.88. The van der Waals surface area contributed by atoms with Crippen molar-refractivity contribution in [3.8, 4) is 0 Å². The van der Waals surface area contributed by atoms with E-state index in [1.807, 2.05) is 44.2 Å². The van der Waals surface area contributed by atoms with Crippen LogP contribution in [0.25, 0.3) is 5.57 Å². The molecule has 2 aliphatic rings. The first kappa shape index (κ1) is 27.2. The van der Waals surface area contributed by atoms with E-state index < -0.39 is 0 Å². The summed E-state index contributed by atoms with van der Waals surface area (Å²) in [6.07, 6.45) is 4.52. The van der Waals surface area contributed by atoms with Crippen LogP contribution in [0.15, 0.2) is 60.8 Å². The molecule has 0 saturated carbocycles. The number of aryl methyl sites for hydroxylation is 1. The number of nitrogens with zero attached hydrogens (tertiary/aromatic N) is 3. The molecule has 1 aromatic heterocycles. The van der Waals surface area contributed by atoms with E-state index in [-0.39, 0.29) is 23.5 Å². The maximum absolute atomic E-state index is 12.0. The number of anilines is 3. The molecule has 1 fully saturated rings. The molecule has 1 amide bonds. The number of benzene rings is 2. The van der Waals surface area contributed by atoms with Gasteiger partial charge in [0.2, 0.25) is 5.91 Å². The fraction of sp³-hybridized carbons (Fsp3) is 0.323. The Balaban J connectivity index is 1.65. The molecule has 3 aromatic rings. The molecular weight excluding hydrogens is 526 g/mol. The van der Waals surface area contributed by atoms with Gasteiger partial charge in [0.15, 0.2) is 5.11 Å². The molecule has 2 atom stereocenters. The number of hydrogen-bond acceptors (Lipinski definition) is 4. The monoisotopic (exact) mass is 559 g/mol. The van der Waals surface area contributed by atoms with Gasteiger partial charge in [-0.15, -0.1) is 0 Å². The highest BCUT2D eigenvalue weighted by atomic mass is 35.5.